The van der Waals surface area contributed by atoms with Crippen molar-refractivity contribution in [2.45, 2.75) is 20.1 Å². The zero-order chi connectivity index (χ0) is 18.7. The summed E-state index contributed by atoms with van der Waals surface area (Å²) in [7, 11) is 1.47. The van der Waals surface area contributed by atoms with Crippen molar-refractivity contribution in [2.75, 3.05) is 7.11 Å². The van der Waals surface area contributed by atoms with E-state index in [1.807, 2.05) is 30.3 Å². The lowest BCUT2D eigenvalue weighted by Gasteiger charge is -2.19. The first kappa shape index (κ1) is 17.5. The highest BCUT2D eigenvalue weighted by Crippen LogP contribution is 2.33. The standard InChI is InChI=1S/C19H18N2O5/c1-12(22)21-19(14-7-5-4-6-8-14)26-18(20-21)15-9-10-16(25-13(2)23)17(11-15)24-3/h4-11,19H,1-3H3. The van der Waals surface area contributed by atoms with Gasteiger partial charge in [0.25, 0.3) is 0 Å². The summed E-state index contributed by atoms with van der Waals surface area (Å²) in [5, 5.41) is 5.59. The first-order chi connectivity index (χ1) is 12.5. The molecule has 0 aliphatic carbocycles. The minimum absolute atomic E-state index is 0.239. The molecule has 1 amide bonds. The molecule has 1 aliphatic heterocycles. The second kappa shape index (κ2) is 7.26. The number of rotatable bonds is 4. The summed E-state index contributed by atoms with van der Waals surface area (Å²) in [5.41, 5.74) is 1.41. The van der Waals surface area contributed by atoms with Crippen LogP contribution in [0.25, 0.3) is 0 Å². The third-order valence-corrected chi connectivity index (χ3v) is 3.72. The third-order valence-electron chi connectivity index (χ3n) is 3.72. The largest absolute Gasteiger partial charge is 0.493 e. The van der Waals surface area contributed by atoms with Crippen molar-refractivity contribution in [3.63, 3.8) is 0 Å². The van der Waals surface area contributed by atoms with Crippen LogP contribution in [0.15, 0.2) is 53.6 Å². The summed E-state index contributed by atoms with van der Waals surface area (Å²) in [6.07, 6.45) is -0.636. The zero-order valence-corrected chi connectivity index (χ0v) is 14.6. The van der Waals surface area contributed by atoms with Crippen molar-refractivity contribution in [3.05, 3.63) is 59.7 Å². The molecule has 0 fully saturated rings. The van der Waals surface area contributed by atoms with Crippen molar-refractivity contribution in [3.8, 4) is 11.5 Å². The van der Waals surface area contributed by atoms with E-state index in [0.29, 0.717) is 17.1 Å². The molecular weight excluding hydrogens is 336 g/mol. The Morgan fingerprint density at radius 3 is 2.42 bits per heavy atom. The van der Waals surface area contributed by atoms with Crippen LogP contribution in [0.1, 0.15) is 31.2 Å². The molecule has 0 radical (unpaired) electrons. The Kier molecular flexibility index (Phi) is 4.88. The smallest absolute Gasteiger partial charge is 0.308 e. The van der Waals surface area contributed by atoms with Crippen LogP contribution in [0.3, 0.4) is 0 Å². The normalized spacial score (nSPS) is 15.9. The van der Waals surface area contributed by atoms with Gasteiger partial charge in [-0.3, -0.25) is 9.59 Å². The van der Waals surface area contributed by atoms with Gasteiger partial charge in [-0.15, -0.1) is 5.10 Å². The van der Waals surface area contributed by atoms with Crippen molar-refractivity contribution >= 4 is 17.8 Å². The molecule has 3 rings (SSSR count). The number of hydrogen-bond donors (Lipinski definition) is 0. The van der Waals surface area contributed by atoms with Crippen LogP contribution >= 0.6 is 0 Å². The Morgan fingerprint density at radius 2 is 1.81 bits per heavy atom. The second-order valence-corrected chi connectivity index (χ2v) is 5.61. The van der Waals surface area contributed by atoms with Gasteiger partial charge in [0.15, 0.2) is 11.5 Å². The van der Waals surface area contributed by atoms with E-state index >= 15 is 0 Å². The molecule has 7 nitrogen and oxygen atoms in total. The number of carbonyl (C=O) groups excluding carboxylic acids is 2. The Balaban J connectivity index is 1.93. The molecule has 1 heterocycles. The van der Waals surface area contributed by atoms with Gasteiger partial charge in [0.1, 0.15) is 0 Å². The van der Waals surface area contributed by atoms with Crippen LogP contribution < -0.4 is 9.47 Å². The SMILES string of the molecule is COc1cc(C2=NN(C(C)=O)C(c3ccccc3)O2)ccc1OC(C)=O. The highest BCUT2D eigenvalue weighted by Gasteiger charge is 2.33. The summed E-state index contributed by atoms with van der Waals surface area (Å²) >= 11 is 0. The van der Waals surface area contributed by atoms with Crippen LogP contribution in [-0.2, 0) is 14.3 Å². The highest BCUT2D eigenvalue weighted by molar-refractivity contribution is 5.97. The van der Waals surface area contributed by atoms with Crippen LogP contribution in [0.4, 0.5) is 0 Å². The molecule has 0 bridgehead atoms. The van der Waals surface area contributed by atoms with Gasteiger partial charge in [0, 0.05) is 25.0 Å². The van der Waals surface area contributed by atoms with E-state index in [1.165, 1.54) is 26.0 Å². The lowest BCUT2D eigenvalue weighted by Crippen LogP contribution is -2.25. The molecular formula is C19H18N2O5. The topological polar surface area (TPSA) is 77.4 Å². The molecule has 134 valence electrons. The van der Waals surface area contributed by atoms with Gasteiger partial charge < -0.3 is 14.2 Å². The summed E-state index contributed by atoms with van der Waals surface area (Å²) in [6, 6.07) is 14.3. The van der Waals surface area contributed by atoms with E-state index < -0.39 is 12.2 Å². The highest BCUT2D eigenvalue weighted by atomic mass is 16.6. The van der Waals surface area contributed by atoms with Gasteiger partial charge in [-0.25, -0.2) is 0 Å². The third kappa shape index (κ3) is 3.51. The predicted molar refractivity (Wildman–Crippen MR) is 93.6 cm³/mol. The summed E-state index contributed by atoms with van der Waals surface area (Å²) in [5.74, 6) is 0.253. The number of benzene rings is 2. The van der Waals surface area contributed by atoms with Crippen LogP contribution in [0.5, 0.6) is 11.5 Å². The van der Waals surface area contributed by atoms with Gasteiger partial charge in [-0.2, -0.15) is 5.01 Å². The van der Waals surface area contributed by atoms with Crippen molar-refractivity contribution < 1.29 is 23.8 Å². The number of ether oxygens (including phenoxy) is 3. The van der Waals surface area contributed by atoms with Crippen LogP contribution in [0, 0.1) is 0 Å². The number of nitrogens with zero attached hydrogens (tertiary/aromatic N) is 2. The maximum atomic E-state index is 12.0. The van der Waals surface area contributed by atoms with E-state index in [0.717, 1.165) is 5.56 Å². The molecule has 2 aromatic carbocycles. The first-order valence-corrected chi connectivity index (χ1v) is 7.96. The molecule has 0 saturated carbocycles. The fourth-order valence-electron chi connectivity index (χ4n) is 2.56. The maximum Gasteiger partial charge on any atom is 0.308 e. The van der Waals surface area contributed by atoms with Gasteiger partial charge in [-0.1, -0.05) is 30.3 Å². The average molecular weight is 354 g/mol. The van der Waals surface area contributed by atoms with Gasteiger partial charge in [-0.05, 0) is 18.2 Å². The Morgan fingerprint density at radius 1 is 1.08 bits per heavy atom. The minimum Gasteiger partial charge on any atom is -0.493 e. The predicted octanol–water partition coefficient (Wildman–Crippen LogP) is 2.86. The maximum absolute atomic E-state index is 12.0. The molecule has 2 aromatic rings. The number of methoxy groups -OCH3 is 1. The van der Waals surface area contributed by atoms with Crippen LogP contribution in [0.2, 0.25) is 0 Å². The lowest BCUT2D eigenvalue weighted by molar-refractivity contribution is -0.135. The van der Waals surface area contributed by atoms with E-state index in [9.17, 15) is 9.59 Å². The lowest BCUT2D eigenvalue weighted by atomic mass is 10.2. The van der Waals surface area contributed by atoms with Crippen LogP contribution in [-0.4, -0.2) is 29.9 Å². The fraction of sp³-hybridized carbons (Fsp3) is 0.211. The summed E-state index contributed by atoms with van der Waals surface area (Å²) in [6.45, 7) is 2.74. The molecule has 1 aliphatic rings. The Bertz CT molecular complexity index is 863. The second-order valence-electron chi connectivity index (χ2n) is 5.61. The molecule has 7 heteroatoms. The van der Waals surface area contributed by atoms with E-state index in [-0.39, 0.29) is 11.8 Å². The number of carbonyl (C=O) groups is 2. The number of hydrogen-bond acceptors (Lipinski definition) is 6. The van der Waals surface area contributed by atoms with E-state index in [4.69, 9.17) is 14.2 Å². The van der Waals surface area contributed by atoms with Crippen molar-refractivity contribution in [1.82, 2.24) is 5.01 Å². The van der Waals surface area contributed by atoms with Gasteiger partial charge >= 0.3 is 5.97 Å². The monoisotopic (exact) mass is 354 g/mol. The number of hydrazone groups is 1. The summed E-state index contributed by atoms with van der Waals surface area (Å²) < 4.78 is 16.3. The molecule has 1 atom stereocenters. The fourth-order valence-corrected chi connectivity index (χ4v) is 2.56. The molecule has 0 N–H and O–H groups in total. The number of esters is 1. The van der Waals surface area contributed by atoms with Crippen molar-refractivity contribution in [2.24, 2.45) is 5.10 Å². The number of amides is 1. The van der Waals surface area contributed by atoms with E-state index in [2.05, 4.69) is 5.10 Å². The average Bonchev–Trinajstić information content (AvgIpc) is 3.08. The summed E-state index contributed by atoms with van der Waals surface area (Å²) in [4.78, 5) is 23.1. The first-order valence-electron chi connectivity index (χ1n) is 7.96. The molecule has 0 saturated heterocycles. The molecule has 0 spiro atoms. The minimum atomic E-state index is -0.636. The molecule has 26 heavy (non-hydrogen) atoms. The molecule has 0 aromatic heterocycles. The van der Waals surface area contributed by atoms with E-state index in [1.54, 1.807) is 18.2 Å². The quantitative estimate of drug-likeness (QED) is 0.623. The Labute approximate surface area is 150 Å². The van der Waals surface area contributed by atoms with Gasteiger partial charge in [0.2, 0.25) is 18.0 Å². The Hall–Kier alpha value is -3.35. The zero-order valence-electron chi connectivity index (χ0n) is 14.6. The van der Waals surface area contributed by atoms with Crippen molar-refractivity contribution in [1.29, 1.82) is 0 Å². The van der Waals surface area contributed by atoms with Gasteiger partial charge in [0.05, 0.1) is 7.11 Å². The molecule has 1 unspecified atom stereocenters.